The van der Waals surface area contributed by atoms with Gasteiger partial charge in [-0.2, -0.15) is 0 Å². The van der Waals surface area contributed by atoms with Crippen molar-refractivity contribution in [2.75, 3.05) is 0 Å². The first-order chi connectivity index (χ1) is 8.16. The third kappa shape index (κ3) is 2.88. The Hall–Kier alpha value is -1.76. The smallest absolute Gasteiger partial charge is 0.115 e. The molecule has 17 heavy (non-hydrogen) atoms. The van der Waals surface area contributed by atoms with Crippen LogP contribution >= 0.6 is 0 Å². The fourth-order valence-electron chi connectivity index (χ4n) is 2.09. The lowest BCUT2D eigenvalue weighted by Crippen LogP contribution is -1.96. The lowest BCUT2D eigenvalue weighted by Gasteiger charge is -2.12. The Labute approximate surface area is 103 Å². The number of aromatic hydroxyl groups is 1. The molecule has 2 aromatic carbocycles. The molecule has 0 spiro atoms. The highest BCUT2D eigenvalue weighted by molar-refractivity contribution is 5.68. The molecule has 88 valence electrons. The van der Waals surface area contributed by atoms with Crippen molar-refractivity contribution in [2.45, 2.75) is 20.3 Å². The van der Waals surface area contributed by atoms with Gasteiger partial charge >= 0.3 is 0 Å². The van der Waals surface area contributed by atoms with Gasteiger partial charge in [0.05, 0.1) is 0 Å². The maximum Gasteiger partial charge on any atom is 0.115 e. The zero-order valence-corrected chi connectivity index (χ0v) is 10.4. The van der Waals surface area contributed by atoms with Crippen molar-refractivity contribution in [1.82, 2.24) is 0 Å². The van der Waals surface area contributed by atoms with Gasteiger partial charge in [0, 0.05) is 0 Å². The molecule has 1 N–H and O–H groups in total. The van der Waals surface area contributed by atoms with Gasteiger partial charge in [0.25, 0.3) is 0 Å². The summed E-state index contributed by atoms with van der Waals surface area (Å²) in [6, 6.07) is 16.0. The van der Waals surface area contributed by atoms with Gasteiger partial charge in [-0.25, -0.2) is 0 Å². The highest BCUT2D eigenvalue weighted by Gasteiger charge is 2.07. The van der Waals surface area contributed by atoms with Gasteiger partial charge in [-0.15, -0.1) is 0 Å². The fourth-order valence-corrected chi connectivity index (χ4v) is 2.09. The highest BCUT2D eigenvalue weighted by Crippen LogP contribution is 2.28. The van der Waals surface area contributed by atoms with Crippen LogP contribution in [0.3, 0.4) is 0 Å². The molecule has 1 nitrogen and oxygen atoms in total. The van der Waals surface area contributed by atoms with Gasteiger partial charge in [-0.1, -0.05) is 50.2 Å². The van der Waals surface area contributed by atoms with E-state index in [0.29, 0.717) is 11.7 Å². The van der Waals surface area contributed by atoms with Crippen LogP contribution in [0.2, 0.25) is 0 Å². The van der Waals surface area contributed by atoms with E-state index in [1.54, 1.807) is 6.07 Å². The van der Waals surface area contributed by atoms with Crippen LogP contribution < -0.4 is 0 Å². The van der Waals surface area contributed by atoms with E-state index in [9.17, 15) is 5.11 Å². The lowest BCUT2D eigenvalue weighted by molar-refractivity contribution is 0.474. The van der Waals surface area contributed by atoms with Crippen molar-refractivity contribution in [3.8, 4) is 16.9 Å². The van der Waals surface area contributed by atoms with E-state index in [2.05, 4.69) is 26.0 Å². The average molecular weight is 226 g/mol. The minimum Gasteiger partial charge on any atom is -0.508 e. The summed E-state index contributed by atoms with van der Waals surface area (Å²) in [6.07, 6.45) is 0.985. The Morgan fingerprint density at radius 3 is 2.35 bits per heavy atom. The summed E-state index contributed by atoms with van der Waals surface area (Å²) in [7, 11) is 0. The Balaban J connectivity index is 2.46. The third-order valence-corrected chi connectivity index (χ3v) is 2.80. The SMILES string of the molecule is CC(C)Cc1cc(O)ccc1-c1ccccc1. The van der Waals surface area contributed by atoms with Gasteiger partial charge < -0.3 is 5.11 Å². The number of hydrogen-bond donors (Lipinski definition) is 1. The molecule has 0 aliphatic carbocycles. The molecule has 0 radical (unpaired) electrons. The normalized spacial score (nSPS) is 10.8. The van der Waals surface area contributed by atoms with Crippen LogP contribution in [0.5, 0.6) is 5.75 Å². The van der Waals surface area contributed by atoms with E-state index in [1.165, 1.54) is 16.7 Å². The standard InChI is InChI=1S/C16H18O/c1-12(2)10-14-11-15(17)8-9-16(14)13-6-4-3-5-7-13/h3-9,11-12,17H,10H2,1-2H3. The van der Waals surface area contributed by atoms with Crippen LogP contribution in [-0.4, -0.2) is 5.11 Å². The van der Waals surface area contributed by atoms with Gasteiger partial charge in [-0.05, 0) is 41.2 Å². The molecule has 1 heteroatoms. The zero-order chi connectivity index (χ0) is 12.3. The van der Waals surface area contributed by atoms with E-state index in [1.807, 2.05) is 30.3 Å². The molecule has 0 heterocycles. The summed E-state index contributed by atoms with van der Waals surface area (Å²) in [4.78, 5) is 0. The van der Waals surface area contributed by atoms with E-state index >= 15 is 0 Å². The first-order valence-electron chi connectivity index (χ1n) is 6.04. The Kier molecular flexibility index (Phi) is 3.48. The first-order valence-corrected chi connectivity index (χ1v) is 6.04. The molecule has 0 aliphatic rings. The fraction of sp³-hybridized carbons (Fsp3) is 0.250. The summed E-state index contributed by atoms with van der Waals surface area (Å²) in [5, 5.41) is 9.60. The van der Waals surface area contributed by atoms with E-state index in [-0.39, 0.29) is 0 Å². The third-order valence-electron chi connectivity index (χ3n) is 2.80. The largest absolute Gasteiger partial charge is 0.508 e. The van der Waals surface area contributed by atoms with Gasteiger partial charge in [0.1, 0.15) is 5.75 Å². The molecule has 2 rings (SSSR count). The van der Waals surface area contributed by atoms with Gasteiger partial charge in [0.2, 0.25) is 0 Å². The maximum absolute atomic E-state index is 9.60. The van der Waals surface area contributed by atoms with Crippen molar-refractivity contribution in [2.24, 2.45) is 5.92 Å². The Morgan fingerprint density at radius 1 is 1.00 bits per heavy atom. The van der Waals surface area contributed by atoms with E-state index in [4.69, 9.17) is 0 Å². The molecular formula is C16H18O. The zero-order valence-electron chi connectivity index (χ0n) is 10.4. The summed E-state index contributed by atoms with van der Waals surface area (Å²) in [5.41, 5.74) is 3.64. The maximum atomic E-state index is 9.60. The molecular weight excluding hydrogens is 208 g/mol. The topological polar surface area (TPSA) is 20.2 Å². The van der Waals surface area contributed by atoms with Crippen molar-refractivity contribution in [3.05, 3.63) is 54.1 Å². The monoisotopic (exact) mass is 226 g/mol. The van der Waals surface area contributed by atoms with Crippen LogP contribution in [0, 0.1) is 5.92 Å². The molecule has 0 saturated heterocycles. The summed E-state index contributed by atoms with van der Waals surface area (Å²) in [6.45, 7) is 4.39. The van der Waals surface area contributed by atoms with Gasteiger partial charge in [0.15, 0.2) is 0 Å². The minimum absolute atomic E-state index is 0.348. The molecule has 2 aromatic rings. The quantitative estimate of drug-likeness (QED) is 0.829. The molecule has 0 aliphatic heterocycles. The number of phenols is 1. The van der Waals surface area contributed by atoms with Crippen LogP contribution in [0.15, 0.2) is 48.5 Å². The molecule has 0 atom stereocenters. The van der Waals surface area contributed by atoms with Crippen molar-refractivity contribution < 1.29 is 5.11 Å². The second kappa shape index (κ2) is 5.05. The van der Waals surface area contributed by atoms with Crippen LogP contribution in [-0.2, 0) is 6.42 Å². The molecule has 0 bridgehead atoms. The molecule has 0 fully saturated rings. The Morgan fingerprint density at radius 2 is 1.71 bits per heavy atom. The number of phenolic OH excluding ortho intramolecular Hbond substituents is 1. The summed E-state index contributed by atoms with van der Waals surface area (Å²) in [5.74, 6) is 0.930. The summed E-state index contributed by atoms with van der Waals surface area (Å²) >= 11 is 0. The first kappa shape index (κ1) is 11.7. The highest BCUT2D eigenvalue weighted by atomic mass is 16.3. The van der Waals surface area contributed by atoms with Crippen molar-refractivity contribution in [1.29, 1.82) is 0 Å². The average Bonchev–Trinajstić information content (AvgIpc) is 2.29. The Bertz CT molecular complexity index is 486. The summed E-state index contributed by atoms with van der Waals surface area (Å²) < 4.78 is 0. The van der Waals surface area contributed by atoms with Crippen LogP contribution in [0.25, 0.3) is 11.1 Å². The van der Waals surface area contributed by atoms with Crippen molar-refractivity contribution in [3.63, 3.8) is 0 Å². The number of rotatable bonds is 3. The number of hydrogen-bond acceptors (Lipinski definition) is 1. The second-order valence-electron chi connectivity index (χ2n) is 4.81. The lowest BCUT2D eigenvalue weighted by atomic mass is 9.93. The predicted molar refractivity (Wildman–Crippen MR) is 72.1 cm³/mol. The minimum atomic E-state index is 0.348. The van der Waals surface area contributed by atoms with Crippen molar-refractivity contribution >= 4 is 0 Å². The van der Waals surface area contributed by atoms with Gasteiger partial charge in [-0.3, -0.25) is 0 Å². The van der Waals surface area contributed by atoms with E-state index in [0.717, 1.165) is 6.42 Å². The molecule has 0 aromatic heterocycles. The second-order valence-corrected chi connectivity index (χ2v) is 4.81. The number of benzene rings is 2. The molecule has 0 amide bonds. The molecule has 0 saturated carbocycles. The predicted octanol–water partition coefficient (Wildman–Crippen LogP) is 4.26. The van der Waals surface area contributed by atoms with Crippen LogP contribution in [0.4, 0.5) is 0 Å². The van der Waals surface area contributed by atoms with Crippen LogP contribution in [0.1, 0.15) is 19.4 Å². The van der Waals surface area contributed by atoms with E-state index < -0.39 is 0 Å². The molecule has 0 unspecified atom stereocenters.